The molecule has 2 aromatic rings. The normalized spacial score (nSPS) is 28.4. The summed E-state index contributed by atoms with van der Waals surface area (Å²) >= 11 is 3.59. The molecule has 1 spiro atoms. The molecular weight excluding hydrogens is 602 g/mol. The summed E-state index contributed by atoms with van der Waals surface area (Å²) in [5, 5.41) is 20.8. The molecule has 0 aliphatic carbocycles. The van der Waals surface area contributed by atoms with Crippen LogP contribution in [0.5, 0.6) is 0 Å². The Morgan fingerprint density at radius 3 is 2.36 bits per heavy atom. The number of aliphatic carboxylic acids is 1. The summed E-state index contributed by atoms with van der Waals surface area (Å²) in [6.07, 6.45) is 1.49. The molecule has 224 valence electrons. The number of fused-ring (bicyclic) bond motifs is 1. The number of benzene rings is 2. The number of hydrogen-bond donors (Lipinski definition) is 2. The Bertz CT molecular complexity index is 1320. The maximum absolute atomic E-state index is 14.8. The lowest BCUT2D eigenvalue weighted by Gasteiger charge is -2.39. The third kappa shape index (κ3) is 4.93. The van der Waals surface area contributed by atoms with Crippen LogP contribution in [0.1, 0.15) is 25.8 Å². The first-order valence-electron chi connectivity index (χ1n) is 14.5. The van der Waals surface area contributed by atoms with E-state index in [9.17, 15) is 24.6 Å². The minimum Gasteiger partial charge on any atom is -0.481 e. The van der Waals surface area contributed by atoms with E-state index in [4.69, 9.17) is 4.74 Å². The molecule has 10 heteroatoms. The highest BCUT2D eigenvalue weighted by Crippen LogP contribution is 2.60. The summed E-state index contributed by atoms with van der Waals surface area (Å²) in [6.45, 7) is 9.49. The van der Waals surface area contributed by atoms with Crippen molar-refractivity contribution in [3.8, 4) is 0 Å². The fourth-order valence-electron chi connectivity index (χ4n) is 7.19. The number of aliphatic hydroxyl groups is 1. The molecule has 42 heavy (non-hydrogen) atoms. The fraction of sp³-hybridized carbons (Fsp3) is 0.469. The minimum atomic E-state index is -1.35. The highest BCUT2D eigenvalue weighted by molar-refractivity contribution is 9.09. The Labute approximate surface area is 254 Å². The van der Waals surface area contributed by atoms with E-state index in [0.717, 1.165) is 24.3 Å². The average Bonchev–Trinajstić information content (AvgIpc) is 3.59. The molecule has 3 unspecified atom stereocenters. The molecule has 2 bridgehead atoms. The van der Waals surface area contributed by atoms with E-state index in [2.05, 4.69) is 41.3 Å². The molecule has 2 aromatic carbocycles. The predicted octanol–water partition coefficient (Wildman–Crippen LogP) is 3.49. The first-order valence-corrected chi connectivity index (χ1v) is 15.4. The highest BCUT2D eigenvalue weighted by Gasteiger charge is 2.77. The smallest absolute Gasteiger partial charge is 0.310 e. The van der Waals surface area contributed by atoms with Crippen LogP contribution in [0.4, 0.5) is 11.4 Å². The zero-order valence-corrected chi connectivity index (χ0v) is 25.5. The topological polar surface area (TPSA) is 111 Å². The first-order chi connectivity index (χ1) is 20.2. The minimum absolute atomic E-state index is 0.175. The lowest BCUT2D eigenvalue weighted by atomic mass is 9.70. The van der Waals surface area contributed by atoms with Crippen molar-refractivity contribution in [3.63, 3.8) is 0 Å². The number of hydrogen-bond acceptors (Lipinski definition) is 6. The number of carbonyl (C=O) groups is 3. The van der Waals surface area contributed by atoms with Crippen LogP contribution >= 0.6 is 15.9 Å². The van der Waals surface area contributed by atoms with Gasteiger partial charge in [-0.1, -0.05) is 52.3 Å². The SMILES string of the molecule is C=CCN(C(=O)C1N([C@@H](CO)Cc2ccccc2)C(=O)[C@@H]2[C@H](C(=O)O)[C@H]3OC12CC3Br)c1ccc(N(CC)CC)cc1. The van der Waals surface area contributed by atoms with E-state index < -0.39 is 54.1 Å². The molecule has 0 radical (unpaired) electrons. The summed E-state index contributed by atoms with van der Waals surface area (Å²) < 4.78 is 6.44. The van der Waals surface area contributed by atoms with Gasteiger partial charge in [-0.2, -0.15) is 0 Å². The summed E-state index contributed by atoms with van der Waals surface area (Å²) in [5.41, 5.74) is 1.20. The zero-order chi connectivity index (χ0) is 30.2. The maximum Gasteiger partial charge on any atom is 0.310 e. The number of amides is 2. The van der Waals surface area contributed by atoms with Crippen LogP contribution in [-0.2, 0) is 25.5 Å². The van der Waals surface area contributed by atoms with Gasteiger partial charge in [0.15, 0.2) is 0 Å². The third-order valence-electron chi connectivity index (χ3n) is 9.03. The van der Waals surface area contributed by atoms with Crippen molar-refractivity contribution in [2.24, 2.45) is 11.8 Å². The molecule has 3 fully saturated rings. The van der Waals surface area contributed by atoms with Crippen LogP contribution in [0.15, 0.2) is 67.3 Å². The summed E-state index contributed by atoms with van der Waals surface area (Å²) in [5.74, 6) is -4.13. The second kappa shape index (κ2) is 12.2. The Morgan fingerprint density at radius 2 is 1.79 bits per heavy atom. The average molecular weight is 641 g/mol. The number of aliphatic hydroxyl groups excluding tert-OH is 1. The molecule has 0 aromatic heterocycles. The van der Waals surface area contributed by atoms with Gasteiger partial charge in [-0.25, -0.2) is 0 Å². The molecule has 7 atom stereocenters. The van der Waals surface area contributed by atoms with Crippen molar-refractivity contribution in [2.45, 2.75) is 55.3 Å². The van der Waals surface area contributed by atoms with Gasteiger partial charge in [-0.15, -0.1) is 6.58 Å². The van der Waals surface area contributed by atoms with Gasteiger partial charge in [0, 0.05) is 35.8 Å². The Hall–Kier alpha value is -3.21. The van der Waals surface area contributed by atoms with Gasteiger partial charge in [0.05, 0.1) is 30.6 Å². The van der Waals surface area contributed by atoms with Gasteiger partial charge in [-0.3, -0.25) is 14.4 Å². The number of rotatable bonds is 12. The highest BCUT2D eigenvalue weighted by atomic mass is 79.9. The number of carbonyl (C=O) groups excluding carboxylic acids is 2. The molecule has 3 heterocycles. The molecule has 3 aliphatic heterocycles. The molecule has 0 saturated carbocycles. The van der Waals surface area contributed by atoms with Crippen molar-refractivity contribution < 1.29 is 29.3 Å². The zero-order valence-electron chi connectivity index (χ0n) is 23.9. The van der Waals surface area contributed by atoms with E-state index in [-0.39, 0.29) is 17.3 Å². The number of halogens is 1. The van der Waals surface area contributed by atoms with Crippen LogP contribution in [0.2, 0.25) is 0 Å². The second-order valence-corrected chi connectivity index (χ2v) is 12.4. The summed E-state index contributed by atoms with van der Waals surface area (Å²) in [6, 6.07) is 15.2. The largest absolute Gasteiger partial charge is 0.481 e. The number of ether oxygens (including phenoxy) is 1. The fourth-order valence-corrected chi connectivity index (χ4v) is 8.13. The Morgan fingerprint density at radius 1 is 1.14 bits per heavy atom. The number of alkyl halides is 1. The maximum atomic E-state index is 14.8. The van der Waals surface area contributed by atoms with Crippen molar-refractivity contribution in [3.05, 3.63) is 72.8 Å². The van der Waals surface area contributed by atoms with Gasteiger partial charge in [0.1, 0.15) is 11.6 Å². The van der Waals surface area contributed by atoms with E-state index in [1.54, 1.807) is 11.0 Å². The van der Waals surface area contributed by atoms with Crippen molar-refractivity contribution in [2.75, 3.05) is 36.0 Å². The van der Waals surface area contributed by atoms with Crippen LogP contribution in [0.25, 0.3) is 0 Å². The van der Waals surface area contributed by atoms with Gasteiger partial charge >= 0.3 is 5.97 Å². The van der Waals surface area contributed by atoms with Gasteiger partial charge in [0.25, 0.3) is 5.91 Å². The number of nitrogens with zero attached hydrogens (tertiary/aromatic N) is 3. The van der Waals surface area contributed by atoms with E-state index in [1.165, 1.54) is 4.90 Å². The molecule has 2 N–H and O–H groups in total. The van der Waals surface area contributed by atoms with Crippen LogP contribution in [-0.4, -0.2) is 87.8 Å². The van der Waals surface area contributed by atoms with Crippen molar-refractivity contribution in [1.82, 2.24) is 4.90 Å². The van der Waals surface area contributed by atoms with Crippen LogP contribution in [0.3, 0.4) is 0 Å². The molecule has 9 nitrogen and oxygen atoms in total. The molecule has 5 rings (SSSR count). The monoisotopic (exact) mass is 639 g/mol. The number of anilines is 2. The number of carboxylic acids is 1. The number of carboxylic acid groups (broad SMARTS) is 1. The van der Waals surface area contributed by atoms with Crippen LogP contribution in [0, 0.1) is 11.8 Å². The molecule has 2 amide bonds. The summed E-state index contributed by atoms with van der Waals surface area (Å²) in [4.78, 5) is 46.4. The van der Waals surface area contributed by atoms with Crippen molar-refractivity contribution in [1.29, 1.82) is 0 Å². The summed E-state index contributed by atoms with van der Waals surface area (Å²) in [7, 11) is 0. The van der Waals surface area contributed by atoms with Crippen molar-refractivity contribution >= 4 is 45.1 Å². The first kappa shape index (κ1) is 30.3. The third-order valence-corrected chi connectivity index (χ3v) is 9.88. The van der Waals surface area contributed by atoms with Crippen LogP contribution < -0.4 is 9.80 Å². The van der Waals surface area contributed by atoms with Gasteiger partial charge in [-0.05, 0) is 56.5 Å². The quantitative estimate of drug-likeness (QED) is 0.270. The Kier molecular flexibility index (Phi) is 8.78. The van der Waals surface area contributed by atoms with E-state index in [1.807, 2.05) is 54.6 Å². The van der Waals surface area contributed by atoms with Gasteiger partial charge in [0.2, 0.25) is 5.91 Å². The predicted molar refractivity (Wildman–Crippen MR) is 164 cm³/mol. The Balaban J connectivity index is 1.59. The van der Waals surface area contributed by atoms with E-state index >= 15 is 0 Å². The van der Waals surface area contributed by atoms with Gasteiger partial charge < -0.3 is 29.6 Å². The lowest BCUT2D eigenvalue weighted by Crippen LogP contribution is -2.59. The van der Waals surface area contributed by atoms with E-state index in [0.29, 0.717) is 18.5 Å². The molecule has 3 saturated heterocycles. The number of likely N-dealkylation sites (tertiary alicyclic amines) is 1. The second-order valence-electron chi connectivity index (χ2n) is 11.2. The standard InChI is InChI=1S/C32H38BrN3O6/c1-4-16-35(22-14-12-21(13-15-22)34(5-2)6-3)30(39)28-32-18-24(33)27(42-32)25(31(40)41)26(32)29(38)36(28)23(19-37)17-20-10-8-7-9-11-20/h4,7-15,23-28,37H,1,5-6,16-19H2,2-3H3,(H,40,41)/t23-,24?,25+,26+,27+,28?,32?/m1/s1. The molecular formula is C32H38BrN3O6. The lowest BCUT2D eigenvalue weighted by molar-refractivity contribution is -0.150. The molecule has 3 aliphatic rings.